The zero-order chi connectivity index (χ0) is 18.6. The molecule has 0 aromatic heterocycles. The molecule has 0 bridgehead atoms. The summed E-state index contributed by atoms with van der Waals surface area (Å²) >= 11 is 0. The molecule has 2 saturated heterocycles. The number of rotatable bonds is 5. The van der Waals surface area contributed by atoms with Crippen molar-refractivity contribution in [2.45, 2.75) is 40.2 Å². The maximum absolute atomic E-state index is 12.5. The number of hydrogen-bond acceptors (Lipinski definition) is 3. The van der Waals surface area contributed by atoms with Gasteiger partial charge in [0.15, 0.2) is 0 Å². The number of piperazine rings is 1. The van der Waals surface area contributed by atoms with Gasteiger partial charge >= 0.3 is 12.1 Å². The van der Waals surface area contributed by atoms with Crippen LogP contribution in [0.2, 0.25) is 0 Å². The van der Waals surface area contributed by atoms with E-state index in [4.69, 9.17) is 0 Å². The van der Waals surface area contributed by atoms with E-state index in [1.165, 1.54) is 0 Å². The van der Waals surface area contributed by atoms with Gasteiger partial charge in [0.25, 0.3) is 0 Å². The Morgan fingerprint density at radius 3 is 2.04 bits per heavy atom. The van der Waals surface area contributed by atoms with E-state index in [2.05, 4.69) is 25.7 Å². The van der Waals surface area contributed by atoms with Crippen molar-refractivity contribution in [3.05, 3.63) is 0 Å². The summed E-state index contributed by atoms with van der Waals surface area (Å²) < 4.78 is 0. The lowest BCUT2D eigenvalue weighted by Crippen LogP contribution is -2.53. The monoisotopic (exact) mass is 353 g/mol. The van der Waals surface area contributed by atoms with E-state index in [1.54, 1.807) is 0 Å². The van der Waals surface area contributed by atoms with Crippen molar-refractivity contribution in [1.82, 2.24) is 24.5 Å². The quantitative estimate of drug-likeness (QED) is 0.754. The topological polar surface area (TPSA) is 50.3 Å². The van der Waals surface area contributed by atoms with Crippen LogP contribution in [-0.2, 0) is 0 Å². The van der Waals surface area contributed by atoms with Crippen LogP contribution in [0.1, 0.15) is 34.6 Å². The molecule has 2 heterocycles. The molecule has 144 valence electrons. The Labute approximate surface area is 152 Å². The smallest absolute Gasteiger partial charge is 0.320 e. The molecule has 25 heavy (non-hydrogen) atoms. The molecule has 4 amide bonds. The minimum atomic E-state index is -0.109. The molecule has 2 rings (SSSR count). The van der Waals surface area contributed by atoms with Crippen LogP contribution in [0.3, 0.4) is 0 Å². The van der Waals surface area contributed by atoms with Gasteiger partial charge in [-0.1, -0.05) is 0 Å². The van der Waals surface area contributed by atoms with Gasteiger partial charge in [-0.25, -0.2) is 9.59 Å². The molecule has 0 atom stereocenters. The van der Waals surface area contributed by atoms with E-state index >= 15 is 0 Å². The van der Waals surface area contributed by atoms with E-state index in [-0.39, 0.29) is 17.6 Å². The van der Waals surface area contributed by atoms with E-state index in [9.17, 15) is 9.59 Å². The van der Waals surface area contributed by atoms with E-state index < -0.39 is 0 Å². The summed E-state index contributed by atoms with van der Waals surface area (Å²) in [6, 6.07) is 0.308. The Balaban J connectivity index is 1.74. The summed E-state index contributed by atoms with van der Waals surface area (Å²) in [7, 11) is 0. The predicted octanol–water partition coefficient (Wildman–Crippen LogP) is 1.60. The van der Waals surface area contributed by atoms with Crippen LogP contribution in [0.25, 0.3) is 0 Å². The normalized spacial score (nSPS) is 19.7. The summed E-state index contributed by atoms with van der Waals surface area (Å²) in [5.74, 6) is 0. The lowest BCUT2D eigenvalue weighted by molar-refractivity contribution is 0.110. The van der Waals surface area contributed by atoms with Crippen LogP contribution in [-0.4, -0.2) is 108 Å². The van der Waals surface area contributed by atoms with Gasteiger partial charge in [-0.2, -0.15) is 0 Å². The van der Waals surface area contributed by atoms with Crippen LogP contribution in [0.15, 0.2) is 0 Å². The van der Waals surface area contributed by atoms with Gasteiger partial charge in [0.05, 0.1) is 0 Å². The number of carbonyl (C=O) groups excluding carboxylic acids is 2. The maximum atomic E-state index is 12.5. The van der Waals surface area contributed by atoms with Crippen molar-refractivity contribution in [2.75, 3.05) is 65.4 Å². The van der Waals surface area contributed by atoms with E-state index in [0.717, 1.165) is 65.4 Å². The second-order valence-corrected chi connectivity index (χ2v) is 7.88. The molecular formula is C18H35N5O2. The third kappa shape index (κ3) is 4.77. The lowest BCUT2D eigenvalue weighted by Gasteiger charge is -2.37. The molecule has 2 aliphatic heterocycles. The molecule has 0 spiro atoms. The van der Waals surface area contributed by atoms with Crippen molar-refractivity contribution in [1.29, 1.82) is 0 Å². The standard InChI is InChI=1S/C18H35N5O2/c1-6-20(7-2)16(24)21-11-8-19(9-12-21)10-13-22-14-15-23(17(22)25)18(3,4)5/h6-15H2,1-5H3. The van der Waals surface area contributed by atoms with Crippen LogP contribution in [0, 0.1) is 0 Å². The highest BCUT2D eigenvalue weighted by Crippen LogP contribution is 2.20. The van der Waals surface area contributed by atoms with E-state index in [0.29, 0.717) is 0 Å². The Morgan fingerprint density at radius 2 is 1.56 bits per heavy atom. The molecule has 0 saturated carbocycles. The fraction of sp³-hybridized carbons (Fsp3) is 0.889. The SMILES string of the molecule is CCN(CC)C(=O)N1CCN(CCN2CCN(C(C)(C)C)C2=O)CC1. The Kier molecular flexibility index (Phi) is 6.54. The van der Waals surface area contributed by atoms with Crippen LogP contribution < -0.4 is 0 Å². The van der Waals surface area contributed by atoms with Gasteiger partial charge in [-0.3, -0.25) is 4.90 Å². The molecule has 7 heteroatoms. The first-order valence-electron chi connectivity index (χ1n) is 9.60. The summed E-state index contributed by atoms with van der Waals surface area (Å²) in [4.78, 5) is 35.0. The first-order valence-corrected chi connectivity index (χ1v) is 9.60. The third-order valence-electron chi connectivity index (χ3n) is 5.27. The minimum Gasteiger partial charge on any atom is -0.325 e. The summed E-state index contributed by atoms with van der Waals surface area (Å²) in [6.45, 7) is 18.4. The number of hydrogen-bond donors (Lipinski definition) is 0. The first kappa shape index (κ1) is 19.8. The number of nitrogens with zero attached hydrogens (tertiary/aromatic N) is 5. The van der Waals surface area contributed by atoms with Crippen LogP contribution in [0.4, 0.5) is 9.59 Å². The molecule has 0 radical (unpaired) electrons. The molecular weight excluding hydrogens is 318 g/mol. The summed E-state index contributed by atoms with van der Waals surface area (Å²) in [5, 5.41) is 0. The van der Waals surface area contributed by atoms with Crippen molar-refractivity contribution in [3.63, 3.8) is 0 Å². The zero-order valence-corrected chi connectivity index (χ0v) is 16.6. The Hall–Kier alpha value is -1.50. The van der Waals surface area contributed by atoms with Crippen molar-refractivity contribution < 1.29 is 9.59 Å². The molecule has 2 aliphatic rings. The zero-order valence-electron chi connectivity index (χ0n) is 16.6. The van der Waals surface area contributed by atoms with Gasteiger partial charge in [0.2, 0.25) is 0 Å². The summed E-state index contributed by atoms with van der Waals surface area (Å²) in [5.41, 5.74) is -0.109. The summed E-state index contributed by atoms with van der Waals surface area (Å²) in [6.07, 6.45) is 0. The highest BCUT2D eigenvalue weighted by molar-refractivity contribution is 5.77. The van der Waals surface area contributed by atoms with E-state index in [1.807, 2.05) is 33.4 Å². The lowest BCUT2D eigenvalue weighted by atomic mass is 10.1. The van der Waals surface area contributed by atoms with Crippen LogP contribution in [0.5, 0.6) is 0 Å². The fourth-order valence-corrected chi connectivity index (χ4v) is 3.53. The maximum Gasteiger partial charge on any atom is 0.320 e. The van der Waals surface area contributed by atoms with Gasteiger partial charge in [-0.15, -0.1) is 0 Å². The number of carbonyl (C=O) groups is 2. The number of amides is 4. The second kappa shape index (κ2) is 8.25. The molecule has 7 nitrogen and oxygen atoms in total. The molecule has 0 aromatic carbocycles. The highest BCUT2D eigenvalue weighted by atomic mass is 16.2. The van der Waals surface area contributed by atoms with Gasteiger partial charge in [-0.05, 0) is 34.6 Å². The molecule has 0 aromatic rings. The largest absolute Gasteiger partial charge is 0.325 e. The Morgan fingerprint density at radius 1 is 0.960 bits per heavy atom. The highest BCUT2D eigenvalue weighted by Gasteiger charge is 2.35. The predicted molar refractivity (Wildman–Crippen MR) is 99.8 cm³/mol. The third-order valence-corrected chi connectivity index (χ3v) is 5.27. The van der Waals surface area contributed by atoms with Crippen molar-refractivity contribution >= 4 is 12.1 Å². The van der Waals surface area contributed by atoms with Crippen LogP contribution >= 0.6 is 0 Å². The van der Waals surface area contributed by atoms with Gasteiger partial charge < -0.3 is 19.6 Å². The fourth-order valence-electron chi connectivity index (χ4n) is 3.53. The van der Waals surface area contributed by atoms with Gasteiger partial charge in [0, 0.05) is 71.0 Å². The molecule has 0 unspecified atom stereocenters. The average Bonchev–Trinajstić information content (AvgIpc) is 2.95. The second-order valence-electron chi connectivity index (χ2n) is 7.88. The van der Waals surface area contributed by atoms with Crippen molar-refractivity contribution in [3.8, 4) is 0 Å². The number of urea groups is 2. The van der Waals surface area contributed by atoms with Crippen molar-refractivity contribution in [2.24, 2.45) is 0 Å². The Bertz CT molecular complexity index is 465. The molecule has 0 aliphatic carbocycles. The average molecular weight is 354 g/mol. The molecule has 2 fully saturated rings. The van der Waals surface area contributed by atoms with Gasteiger partial charge in [0.1, 0.15) is 0 Å². The first-order chi connectivity index (χ1) is 11.8. The minimum absolute atomic E-state index is 0.109. The molecule has 0 N–H and O–H groups in total.